The van der Waals surface area contributed by atoms with Crippen LogP contribution >= 0.6 is 11.3 Å². The minimum Gasteiger partial charge on any atom is -0.611 e. The SMILES string of the molecule is CCO[C@@H]1CC[C@@H](O/N=C(/C(=O)Nc2ncc(F)s2)c2ccc([S+]([O-])CCCOC)cc2)C1. The standard InChI is InChI=1S/C22H28FN3O5S2/c1-3-30-16-7-8-17(13-16)31-26-20(21(27)25-22-24-14-19(23)32-22)15-5-9-18(10-6-15)33(28)12-4-11-29-2/h5-6,9-10,14,16-17H,3-4,7-8,11-13H2,1-2H3,(H,24,25,27)/b26-20+/t16-,17-,33?/m1/s1. The van der Waals surface area contributed by atoms with Crippen LogP contribution in [0.4, 0.5) is 9.52 Å². The van der Waals surface area contributed by atoms with Crippen molar-refractivity contribution in [3.05, 3.63) is 41.2 Å². The lowest BCUT2D eigenvalue weighted by molar-refractivity contribution is -0.110. The summed E-state index contributed by atoms with van der Waals surface area (Å²) in [5, 5.41) is 6.32. The predicted octanol–water partition coefficient (Wildman–Crippen LogP) is 3.74. The van der Waals surface area contributed by atoms with Crippen molar-refractivity contribution in [1.29, 1.82) is 0 Å². The van der Waals surface area contributed by atoms with E-state index < -0.39 is 22.2 Å². The highest BCUT2D eigenvalue weighted by Gasteiger charge is 2.27. The highest BCUT2D eigenvalue weighted by atomic mass is 32.2. The molecule has 1 aliphatic carbocycles. The Labute approximate surface area is 199 Å². The van der Waals surface area contributed by atoms with Gasteiger partial charge < -0.3 is 18.9 Å². The van der Waals surface area contributed by atoms with Gasteiger partial charge in [0.05, 0.1) is 18.9 Å². The zero-order valence-corrected chi connectivity index (χ0v) is 20.3. The van der Waals surface area contributed by atoms with Gasteiger partial charge in [0.25, 0.3) is 5.91 Å². The van der Waals surface area contributed by atoms with Crippen LogP contribution in [0, 0.1) is 5.13 Å². The number of ether oxygens (including phenoxy) is 2. The number of halogens is 1. The van der Waals surface area contributed by atoms with Gasteiger partial charge in [-0.15, -0.1) is 0 Å². The molecule has 1 aromatic heterocycles. The van der Waals surface area contributed by atoms with Crippen LogP contribution in [-0.2, 0) is 30.3 Å². The first kappa shape index (κ1) is 25.6. The predicted molar refractivity (Wildman–Crippen MR) is 126 cm³/mol. The van der Waals surface area contributed by atoms with E-state index in [-0.39, 0.29) is 23.1 Å². The third-order valence-electron chi connectivity index (χ3n) is 5.01. The molecular formula is C22H28FN3O5S2. The van der Waals surface area contributed by atoms with E-state index in [9.17, 15) is 13.7 Å². The van der Waals surface area contributed by atoms with Gasteiger partial charge in [0.1, 0.15) is 11.9 Å². The van der Waals surface area contributed by atoms with Crippen LogP contribution < -0.4 is 5.32 Å². The van der Waals surface area contributed by atoms with Crippen LogP contribution in [0.5, 0.6) is 0 Å². The Hall–Kier alpha value is -2.05. The number of benzene rings is 1. The summed E-state index contributed by atoms with van der Waals surface area (Å²) >= 11 is -0.452. The molecule has 180 valence electrons. The molecule has 3 rings (SSSR count). The zero-order chi connectivity index (χ0) is 23.6. The lowest BCUT2D eigenvalue weighted by Gasteiger charge is -2.13. The highest BCUT2D eigenvalue weighted by Crippen LogP contribution is 2.25. The third kappa shape index (κ3) is 7.75. The number of carbonyl (C=O) groups excluding carboxylic acids is 1. The van der Waals surface area contributed by atoms with Crippen LogP contribution in [0.15, 0.2) is 40.5 Å². The maximum absolute atomic E-state index is 13.3. The van der Waals surface area contributed by atoms with Gasteiger partial charge in [0, 0.05) is 32.1 Å². The van der Waals surface area contributed by atoms with Crippen molar-refractivity contribution in [3.63, 3.8) is 0 Å². The number of methoxy groups -OCH3 is 1. The van der Waals surface area contributed by atoms with Crippen LogP contribution in [0.3, 0.4) is 0 Å². The Morgan fingerprint density at radius 1 is 1.33 bits per heavy atom. The molecule has 1 heterocycles. The number of carbonyl (C=O) groups is 1. The number of amides is 1. The fourth-order valence-corrected chi connectivity index (χ4v) is 5.02. The molecule has 0 radical (unpaired) electrons. The molecule has 0 bridgehead atoms. The van der Waals surface area contributed by atoms with E-state index in [1.165, 1.54) is 0 Å². The number of hydrogen-bond donors (Lipinski definition) is 1. The number of nitrogens with one attached hydrogen (secondary N) is 1. The average Bonchev–Trinajstić information content (AvgIpc) is 3.43. The molecular weight excluding hydrogens is 469 g/mol. The molecule has 3 atom stereocenters. The summed E-state index contributed by atoms with van der Waals surface area (Å²) in [7, 11) is 1.61. The highest BCUT2D eigenvalue weighted by molar-refractivity contribution is 7.91. The van der Waals surface area contributed by atoms with Crippen LogP contribution in [0.2, 0.25) is 0 Å². The molecule has 2 aromatic rings. The van der Waals surface area contributed by atoms with Crippen molar-refractivity contribution in [1.82, 2.24) is 4.98 Å². The topological polar surface area (TPSA) is 105 Å². The minimum atomic E-state index is -1.17. The second-order valence-electron chi connectivity index (χ2n) is 7.40. The van der Waals surface area contributed by atoms with E-state index in [1.54, 1.807) is 31.4 Å². The summed E-state index contributed by atoms with van der Waals surface area (Å²) in [6, 6.07) is 6.74. The fourth-order valence-electron chi connectivity index (χ4n) is 3.42. The van der Waals surface area contributed by atoms with Gasteiger partial charge >= 0.3 is 0 Å². The van der Waals surface area contributed by atoms with Crippen LogP contribution in [0.25, 0.3) is 0 Å². The molecule has 0 saturated heterocycles. The van der Waals surface area contributed by atoms with Gasteiger partial charge in [-0.3, -0.25) is 10.1 Å². The van der Waals surface area contributed by atoms with E-state index in [4.69, 9.17) is 14.3 Å². The average molecular weight is 498 g/mol. The quantitative estimate of drug-likeness (QED) is 0.207. The smallest absolute Gasteiger partial charge is 0.280 e. The van der Waals surface area contributed by atoms with Crippen molar-refractivity contribution in [3.8, 4) is 0 Å². The number of aromatic nitrogens is 1. The van der Waals surface area contributed by atoms with Gasteiger partial charge in [0.15, 0.2) is 20.9 Å². The molecule has 1 aliphatic rings. The molecule has 1 unspecified atom stereocenters. The Kier molecular flexibility index (Phi) is 10.1. The Morgan fingerprint density at radius 2 is 2.09 bits per heavy atom. The van der Waals surface area contributed by atoms with Crippen molar-refractivity contribution in [2.75, 3.05) is 31.4 Å². The number of oxime groups is 1. The summed E-state index contributed by atoms with van der Waals surface area (Å²) in [6.45, 7) is 3.13. The molecule has 1 fully saturated rings. The minimum absolute atomic E-state index is 0.0298. The van der Waals surface area contributed by atoms with E-state index in [0.29, 0.717) is 42.3 Å². The van der Waals surface area contributed by atoms with Crippen molar-refractivity contribution in [2.45, 2.75) is 49.7 Å². The monoisotopic (exact) mass is 497 g/mol. The molecule has 0 spiro atoms. The van der Waals surface area contributed by atoms with Crippen molar-refractivity contribution < 1.29 is 28.0 Å². The molecule has 1 aromatic carbocycles. The number of thiazole rings is 1. The largest absolute Gasteiger partial charge is 0.611 e. The van der Waals surface area contributed by atoms with Gasteiger partial charge in [-0.2, -0.15) is 4.39 Å². The molecule has 1 amide bonds. The molecule has 0 aliphatic heterocycles. The number of nitrogens with zero attached hydrogens (tertiary/aromatic N) is 2. The van der Waals surface area contributed by atoms with Crippen LogP contribution in [0.1, 0.15) is 38.2 Å². The Balaban J connectivity index is 1.73. The van der Waals surface area contributed by atoms with Gasteiger partial charge in [-0.25, -0.2) is 4.98 Å². The Morgan fingerprint density at radius 3 is 2.76 bits per heavy atom. The molecule has 33 heavy (non-hydrogen) atoms. The second-order valence-corrected chi connectivity index (χ2v) is 9.95. The second kappa shape index (κ2) is 13.0. The summed E-state index contributed by atoms with van der Waals surface area (Å²) < 4.78 is 36.4. The van der Waals surface area contributed by atoms with Gasteiger partial charge in [-0.05, 0) is 55.2 Å². The summed E-state index contributed by atoms with van der Waals surface area (Å²) in [4.78, 5) is 23.1. The first-order valence-corrected chi connectivity index (χ1v) is 12.9. The van der Waals surface area contributed by atoms with E-state index in [1.807, 2.05) is 6.92 Å². The fraction of sp³-hybridized carbons (Fsp3) is 0.500. The first-order valence-electron chi connectivity index (χ1n) is 10.8. The number of rotatable bonds is 12. The molecule has 8 nitrogen and oxygen atoms in total. The molecule has 1 N–H and O–H groups in total. The molecule has 1 saturated carbocycles. The summed E-state index contributed by atoms with van der Waals surface area (Å²) in [5.74, 6) is -0.0894. The van der Waals surface area contributed by atoms with Crippen molar-refractivity contribution in [2.24, 2.45) is 5.16 Å². The van der Waals surface area contributed by atoms with Gasteiger partial charge in [-0.1, -0.05) is 16.5 Å². The normalized spacial score (nSPS) is 19.5. The third-order valence-corrected chi connectivity index (χ3v) is 7.17. The maximum atomic E-state index is 13.3. The lowest BCUT2D eigenvalue weighted by Crippen LogP contribution is -2.25. The van der Waals surface area contributed by atoms with E-state index in [2.05, 4.69) is 15.5 Å². The van der Waals surface area contributed by atoms with Crippen molar-refractivity contribution >= 4 is 39.3 Å². The first-order chi connectivity index (χ1) is 16.0. The summed E-state index contributed by atoms with van der Waals surface area (Å²) in [5.41, 5.74) is 0.517. The van der Waals surface area contributed by atoms with Crippen LogP contribution in [-0.4, -0.2) is 59.4 Å². The Bertz CT molecular complexity index is 925. The number of hydrogen-bond acceptors (Lipinski definition) is 8. The maximum Gasteiger partial charge on any atom is 0.280 e. The van der Waals surface area contributed by atoms with E-state index >= 15 is 0 Å². The van der Waals surface area contributed by atoms with E-state index in [0.717, 1.165) is 30.4 Å². The zero-order valence-electron chi connectivity index (χ0n) is 18.6. The van der Waals surface area contributed by atoms with Gasteiger partial charge in [0.2, 0.25) is 0 Å². The summed E-state index contributed by atoms with van der Waals surface area (Å²) in [6.07, 6.45) is 4.03. The molecule has 11 heteroatoms. The lowest BCUT2D eigenvalue weighted by atomic mass is 10.1. The number of anilines is 1.